The van der Waals surface area contributed by atoms with Gasteiger partial charge in [0.2, 0.25) is 11.0 Å². The molecule has 1 N–H and O–H groups in total. The van der Waals surface area contributed by atoms with E-state index in [9.17, 15) is 9.59 Å². The van der Waals surface area contributed by atoms with Crippen molar-refractivity contribution >= 4 is 62.7 Å². The normalized spacial score (nSPS) is 15.4. The van der Waals surface area contributed by atoms with E-state index in [1.807, 2.05) is 37.3 Å². The maximum absolute atomic E-state index is 12.7. The molecule has 1 aromatic carbocycles. The van der Waals surface area contributed by atoms with E-state index >= 15 is 0 Å². The van der Waals surface area contributed by atoms with Gasteiger partial charge in [-0.1, -0.05) is 78.5 Å². The number of amides is 2. The first-order chi connectivity index (χ1) is 14.0. The molecule has 2 heterocycles. The Kier molecular flexibility index (Phi) is 7.51. The molecule has 1 aliphatic heterocycles. The first kappa shape index (κ1) is 21.6. The number of aromatic nitrogens is 2. The van der Waals surface area contributed by atoms with Gasteiger partial charge in [0.15, 0.2) is 0 Å². The molecule has 0 spiro atoms. The average Bonchev–Trinajstić information content (AvgIpc) is 3.24. The summed E-state index contributed by atoms with van der Waals surface area (Å²) in [6.45, 7) is 4.37. The molecular weight excluding hydrogens is 424 g/mol. The van der Waals surface area contributed by atoms with Crippen LogP contribution >= 0.6 is 35.3 Å². The second-order valence-corrected chi connectivity index (χ2v) is 9.38. The second kappa shape index (κ2) is 10.1. The first-order valence-corrected chi connectivity index (χ1v) is 11.4. The number of carbonyl (C=O) groups excluding carboxylic acids is 2. The van der Waals surface area contributed by atoms with Gasteiger partial charge in [-0.05, 0) is 25.0 Å². The highest BCUT2D eigenvalue weighted by Gasteiger charge is 2.32. The smallest absolute Gasteiger partial charge is 0.266 e. The zero-order valence-electron chi connectivity index (χ0n) is 16.3. The van der Waals surface area contributed by atoms with Crippen LogP contribution in [0.2, 0.25) is 0 Å². The summed E-state index contributed by atoms with van der Waals surface area (Å²) < 4.78 is 0.471. The van der Waals surface area contributed by atoms with Crippen LogP contribution in [0.5, 0.6) is 0 Å². The number of unbranched alkanes of at least 4 members (excludes halogenated alkanes) is 1. The summed E-state index contributed by atoms with van der Waals surface area (Å²) in [5, 5.41) is 12.2. The zero-order valence-corrected chi connectivity index (χ0v) is 18.8. The van der Waals surface area contributed by atoms with Crippen molar-refractivity contribution in [3.8, 4) is 0 Å². The lowest BCUT2D eigenvalue weighted by Crippen LogP contribution is -2.31. The van der Waals surface area contributed by atoms with Crippen molar-refractivity contribution in [3.05, 3.63) is 45.3 Å². The fraction of sp³-hybridized carbons (Fsp3) is 0.350. The van der Waals surface area contributed by atoms with Gasteiger partial charge in [0.25, 0.3) is 5.91 Å². The summed E-state index contributed by atoms with van der Waals surface area (Å²) in [6, 6.07) is 7.93. The highest BCUT2D eigenvalue weighted by Crippen LogP contribution is 2.32. The van der Waals surface area contributed by atoms with Crippen molar-refractivity contribution < 1.29 is 9.59 Å². The summed E-state index contributed by atoms with van der Waals surface area (Å²) in [6.07, 6.45) is 4.98. The number of aryl methyl sites for hydroxylation is 2. The summed E-state index contributed by atoms with van der Waals surface area (Å²) >= 11 is 7.99. The van der Waals surface area contributed by atoms with Crippen LogP contribution in [0.15, 0.2) is 29.2 Å². The van der Waals surface area contributed by atoms with Crippen LogP contribution in [0.25, 0.3) is 6.08 Å². The summed E-state index contributed by atoms with van der Waals surface area (Å²) in [5.74, 6) is -0.370. The monoisotopic (exact) mass is 446 g/mol. The third kappa shape index (κ3) is 5.94. The lowest BCUT2D eigenvalue weighted by Gasteiger charge is -2.13. The Morgan fingerprint density at radius 2 is 2.03 bits per heavy atom. The van der Waals surface area contributed by atoms with Crippen molar-refractivity contribution in [2.75, 3.05) is 11.9 Å². The molecule has 152 valence electrons. The molecule has 0 bridgehead atoms. The van der Waals surface area contributed by atoms with Crippen molar-refractivity contribution in [3.63, 3.8) is 0 Å². The number of nitrogens with one attached hydrogen (secondary N) is 1. The fourth-order valence-electron chi connectivity index (χ4n) is 2.64. The number of thioether (sulfide) groups is 1. The van der Waals surface area contributed by atoms with Crippen LogP contribution in [0.1, 0.15) is 42.3 Å². The number of hydrogen-bond acceptors (Lipinski definition) is 7. The van der Waals surface area contributed by atoms with E-state index in [1.54, 1.807) is 0 Å². The molecule has 3 rings (SSSR count). The van der Waals surface area contributed by atoms with E-state index in [1.165, 1.54) is 28.0 Å². The van der Waals surface area contributed by atoms with Gasteiger partial charge in [-0.2, -0.15) is 0 Å². The van der Waals surface area contributed by atoms with Gasteiger partial charge in [0, 0.05) is 19.4 Å². The Balaban J connectivity index is 1.54. The van der Waals surface area contributed by atoms with Gasteiger partial charge >= 0.3 is 0 Å². The Bertz CT molecular complexity index is 937. The highest BCUT2D eigenvalue weighted by atomic mass is 32.2. The topological polar surface area (TPSA) is 75.2 Å². The molecular formula is C20H22N4O2S3. The number of carbonyl (C=O) groups is 2. The standard InChI is InChI=1S/C20H22N4O2S3/c1-3-4-5-17-22-23-19(29-17)21-16(25)10-11-24-18(26)15(28-20(24)27)12-14-8-6-13(2)7-9-14/h6-9,12H,3-5,10-11H2,1-2H3,(H,21,23,25)/b15-12+. The van der Waals surface area contributed by atoms with Crippen LogP contribution in [-0.4, -0.2) is 37.8 Å². The molecule has 2 amide bonds. The maximum Gasteiger partial charge on any atom is 0.266 e. The van der Waals surface area contributed by atoms with E-state index in [4.69, 9.17) is 12.2 Å². The second-order valence-electron chi connectivity index (χ2n) is 6.65. The van der Waals surface area contributed by atoms with Crippen molar-refractivity contribution in [1.82, 2.24) is 15.1 Å². The number of thiocarbonyl (C=S) groups is 1. The van der Waals surface area contributed by atoms with Gasteiger partial charge in [-0.3, -0.25) is 14.5 Å². The molecule has 1 aromatic heterocycles. The molecule has 29 heavy (non-hydrogen) atoms. The average molecular weight is 447 g/mol. The number of hydrogen-bond donors (Lipinski definition) is 1. The van der Waals surface area contributed by atoms with E-state index in [-0.39, 0.29) is 24.8 Å². The van der Waals surface area contributed by atoms with E-state index in [0.29, 0.717) is 14.4 Å². The van der Waals surface area contributed by atoms with Crippen LogP contribution in [-0.2, 0) is 16.0 Å². The Hall–Kier alpha value is -2.10. The SMILES string of the molecule is CCCCc1nnc(NC(=O)CCN2C(=O)/C(=C\c3ccc(C)cc3)SC2=S)s1. The Labute approximate surface area is 183 Å². The minimum Gasteiger partial charge on any atom is -0.300 e. The van der Waals surface area contributed by atoms with Gasteiger partial charge in [-0.15, -0.1) is 10.2 Å². The molecule has 0 unspecified atom stereocenters. The van der Waals surface area contributed by atoms with Crippen molar-refractivity contribution in [2.24, 2.45) is 0 Å². The fourth-order valence-corrected chi connectivity index (χ4v) is 4.74. The minimum absolute atomic E-state index is 0.147. The van der Waals surface area contributed by atoms with E-state index in [2.05, 4.69) is 22.4 Å². The lowest BCUT2D eigenvalue weighted by atomic mass is 10.1. The molecule has 2 aromatic rings. The van der Waals surface area contributed by atoms with E-state index in [0.717, 1.165) is 35.4 Å². The predicted molar refractivity (Wildman–Crippen MR) is 123 cm³/mol. The van der Waals surface area contributed by atoms with Crippen LogP contribution in [0, 0.1) is 6.92 Å². The third-order valence-electron chi connectivity index (χ3n) is 4.27. The molecule has 1 fully saturated rings. The zero-order chi connectivity index (χ0) is 20.8. The highest BCUT2D eigenvalue weighted by molar-refractivity contribution is 8.26. The first-order valence-electron chi connectivity index (χ1n) is 9.40. The number of nitrogens with zero attached hydrogens (tertiary/aromatic N) is 3. The number of benzene rings is 1. The molecule has 9 heteroatoms. The number of rotatable bonds is 8. The quantitative estimate of drug-likeness (QED) is 0.478. The molecule has 0 aliphatic carbocycles. The summed E-state index contributed by atoms with van der Waals surface area (Å²) in [4.78, 5) is 26.9. The summed E-state index contributed by atoms with van der Waals surface area (Å²) in [7, 11) is 0. The third-order valence-corrected chi connectivity index (χ3v) is 6.54. The summed E-state index contributed by atoms with van der Waals surface area (Å²) in [5.41, 5.74) is 2.11. The molecule has 0 atom stereocenters. The van der Waals surface area contributed by atoms with Crippen molar-refractivity contribution in [1.29, 1.82) is 0 Å². The molecule has 0 radical (unpaired) electrons. The van der Waals surface area contributed by atoms with Gasteiger partial charge in [0.05, 0.1) is 4.91 Å². The van der Waals surface area contributed by atoms with Gasteiger partial charge < -0.3 is 5.32 Å². The largest absolute Gasteiger partial charge is 0.300 e. The number of anilines is 1. The Morgan fingerprint density at radius 3 is 2.76 bits per heavy atom. The maximum atomic E-state index is 12.7. The van der Waals surface area contributed by atoms with Crippen LogP contribution in [0.3, 0.4) is 0 Å². The molecule has 1 saturated heterocycles. The Morgan fingerprint density at radius 1 is 1.28 bits per heavy atom. The van der Waals surface area contributed by atoms with E-state index < -0.39 is 0 Å². The molecule has 6 nitrogen and oxygen atoms in total. The van der Waals surface area contributed by atoms with Crippen LogP contribution < -0.4 is 5.32 Å². The molecule has 1 aliphatic rings. The van der Waals surface area contributed by atoms with Crippen molar-refractivity contribution in [2.45, 2.75) is 39.5 Å². The minimum atomic E-state index is -0.209. The lowest BCUT2D eigenvalue weighted by molar-refractivity contribution is -0.122. The van der Waals surface area contributed by atoms with Gasteiger partial charge in [0.1, 0.15) is 9.33 Å². The van der Waals surface area contributed by atoms with Crippen LogP contribution in [0.4, 0.5) is 5.13 Å². The molecule has 0 saturated carbocycles. The van der Waals surface area contributed by atoms with Gasteiger partial charge in [-0.25, -0.2) is 0 Å². The predicted octanol–water partition coefficient (Wildman–Crippen LogP) is 4.42.